The van der Waals surface area contributed by atoms with Crippen LogP contribution in [0.4, 0.5) is 11.4 Å². The topological polar surface area (TPSA) is 101 Å². The molecule has 1 saturated heterocycles. The molecule has 1 aliphatic heterocycles. The van der Waals surface area contributed by atoms with Gasteiger partial charge in [0.1, 0.15) is 5.75 Å². The van der Waals surface area contributed by atoms with Crippen LogP contribution in [0.1, 0.15) is 23.2 Å². The summed E-state index contributed by atoms with van der Waals surface area (Å²) in [4.78, 5) is 29.2. The van der Waals surface area contributed by atoms with Crippen molar-refractivity contribution >= 4 is 35.0 Å². The highest BCUT2D eigenvalue weighted by Crippen LogP contribution is 2.23. The Morgan fingerprint density at radius 3 is 2.47 bits per heavy atom. The first-order valence-corrected chi connectivity index (χ1v) is 12.1. The lowest BCUT2D eigenvalue weighted by Gasteiger charge is -2.36. The molecule has 1 N–H and O–H groups in total. The van der Waals surface area contributed by atoms with Crippen LogP contribution in [0.5, 0.6) is 5.75 Å². The largest absolute Gasteiger partial charge is 0.496 e. The van der Waals surface area contributed by atoms with Crippen LogP contribution in [0.3, 0.4) is 0 Å². The van der Waals surface area contributed by atoms with Gasteiger partial charge in [-0.05, 0) is 36.4 Å². The van der Waals surface area contributed by atoms with Gasteiger partial charge in [0.2, 0.25) is 11.8 Å². The van der Waals surface area contributed by atoms with E-state index < -0.39 is 0 Å². The molecule has 1 fully saturated rings. The Morgan fingerprint density at radius 2 is 1.79 bits per heavy atom. The number of hydrogen-bond acceptors (Lipinski definition) is 8. The van der Waals surface area contributed by atoms with Gasteiger partial charge >= 0.3 is 0 Å². The molecule has 4 rings (SSSR count). The fourth-order valence-corrected chi connectivity index (χ4v) is 4.26. The quantitative estimate of drug-likeness (QED) is 0.489. The molecule has 0 saturated carbocycles. The summed E-state index contributed by atoms with van der Waals surface area (Å²) in [6, 6.07) is 15.0. The third kappa shape index (κ3) is 5.69. The number of thioether (sulfide) groups is 1. The van der Waals surface area contributed by atoms with E-state index in [1.165, 1.54) is 11.8 Å². The summed E-state index contributed by atoms with van der Waals surface area (Å²) in [6.45, 7) is 4.64. The van der Waals surface area contributed by atoms with Crippen molar-refractivity contribution in [3.63, 3.8) is 0 Å². The Labute approximate surface area is 202 Å². The zero-order valence-electron chi connectivity index (χ0n) is 19.2. The summed E-state index contributed by atoms with van der Waals surface area (Å²) in [5, 5.41) is 11.1. The summed E-state index contributed by atoms with van der Waals surface area (Å²) >= 11 is 1.21. The van der Waals surface area contributed by atoms with Crippen molar-refractivity contribution in [2.45, 2.75) is 18.6 Å². The van der Waals surface area contributed by atoms with Crippen LogP contribution in [-0.2, 0) is 11.2 Å². The van der Waals surface area contributed by atoms with Crippen LogP contribution < -0.4 is 15.0 Å². The number of amides is 2. The number of rotatable bonds is 8. The van der Waals surface area contributed by atoms with E-state index in [-0.39, 0.29) is 17.6 Å². The molecule has 178 valence electrons. The minimum Gasteiger partial charge on any atom is -0.496 e. The third-order valence-electron chi connectivity index (χ3n) is 5.50. The summed E-state index contributed by atoms with van der Waals surface area (Å²) in [7, 11) is 1.57. The average Bonchev–Trinajstić information content (AvgIpc) is 3.36. The monoisotopic (exact) mass is 481 g/mol. The fourth-order valence-electron chi connectivity index (χ4n) is 3.68. The van der Waals surface area contributed by atoms with Crippen molar-refractivity contribution in [1.29, 1.82) is 0 Å². The van der Waals surface area contributed by atoms with E-state index in [4.69, 9.17) is 9.15 Å². The Bertz CT molecular complexity index is 1130. The van der Waals surface area contributed by atoms with Crippen LogP contribution in [0.25, 0.3) is 0 Å². The minimum absolute atomic E-state index is 0.0144. The van der Waals surface area contributed by atoms with Crippen molar-refractivity contribution in [2.24, 2.45) is 0 Å². The molecule has 0 aliphatic carbocycles. The Balaban J connectivity index is 1.26. The molecular weight excluding hydrogens is 454 g/mol. The molecule has 2 amide bonds. The molecular formula is C24H27N5O4S. The first kappa shape index (κ1) is 23.6. The molecule has 34 heavy (non-hydrogen) atoms. The first-order valence-electron chi connectivity index (χ1n) is 11.1. The standard InChI is InChI=1S/C24H27N5O4S/c1-3-22-26-27-24(33-22)34-16-21(30)25-17-8-10-18(11-9-17)28-12-14-29(15-13-28)23(31)19-6-4-5-7-20(19)32-2/h4-11H,3,12-16H2,1-2H3,(H,25,30). The summed E-state index contributed by atoms with van der Waals surface area (Å²) in [6.07, 6.45) is 0.666. The van der Waals surface area contributed by atoms with Crippen LogP contribution in [0, 0.1) is 0 Å². The Kier molecular flexibility index (Phi) is 7.69. The minimum atomic E-state index is -0.141. The number of nitrogens with one attached hydrogen (secondary N) is 1. The van der Waals surface area contributed by atoms with Crippen molar-refractivity contribution < 1.29 is 18.7 Å². The molecule has 2 aromatic carbocycles. The average molecular weight is 482 g/mol. The highest BCUT2D eigenvalue weighted by atomic mass is 32.2. The fraction of sp³-hybridized carbons (Fsp3) is 0.333. The van der Waals surface area contributed by atoms with Gasteiger partial charge in [-0.1, -0.05) is 30.8 Å². The zero-order chi connectivity index (χ0) is 23.9. The second-order valence-corrected chi connectivity index (χ2v) is 8.61. The van der Waals surface area contributed by atoms with Gasteiger partial charge in [-0.25, -0.2) is 0 Å². The van der Waals surface area contributed by atoms with Gasteiger partial charge in [0.25, 0.3) is 11.1 Å². The number of aromatic nitrogens is 2. The van der Waals surface area contributed by atoms with Crippen LogP contribution in [-0.4, -0.2) is 66.0 Å². The summed E-state index contributed by atoms with van der Waals surface area (Å²) < 4.78 is 10.7. The van der Waals surface area contributed by atoms with Crippen molar-refractivity contribution in [3.8, 4) is 5.75 Å². The van der Waals surface area contributed by atoms with Gasteiger partial charge in [-0.3, -0.25) is 9.59 Å². The summed E-state index contributed by atoms with van der Waals surface area (Å²) in [5.74, 6) is 1.18. The van der Waals surface area contributed by atoms with E-state index in [2.05, 4.69) is 20.4 Å². The molecule has 0 unspecified atom stereocenters. The molecule has 3 aromatic rings. The van der Waals surface area contributed by atoms with Crippen molar-refractivity contribution in [1.82, 2.24) is 15.1 Å². The van der Waals surface area contributed by atoms with Gasteiger partial charge in [0, 0.05) is 44.0 Å². The number of nitrogens with zero attached hydrogens (tertiary/aromatic N) is 4. The number of para-hydroxylation sites is 1. The molecule has 10 heteroatoms. The maximum atomic E-state index is 12.9. The maximum absolute atomic E-state index is 12.9. The molecule has 0 spiro atoms. The van der Waals surface area contributed by atoms with E-state index in [9.17, 15) is 9.59 Å². The van der Waals surface area contributed by atoms with E-state index in [1.807, 2.05) is 48.2 Å². The second kappa shape index (κ2) is 11.1. The molecule has 1 aliphatic rings. The second-order valence-electron chi connectivity index (χ2n) is 7.68. The van der Waals surface area contributed by atoms with E-state index >= 15 is 0 Å². The van der Waals surface area contributed by atoms with Crippen molar-refractivity contribution in [2.75, 3.05) is 49.3 Å². The maximum Gasteiger partial charge on any atom is 0.277 e. The predicted molar refractivity (Wildman–Crippen MR) is 131 cm³/mol. The molecule has 0 radical (unpaired) electrons. The molecule has 0 bridgehead atoms. The number of aryl methyl sites for hydroxylation is 1. The van der Waals surface area contributed by atoms with E-state index in [0.29, 0.717) is 41.9 Å². The number of ether oxygens (including phenoxy) is 1. The number of piperazine rings is 1. The number of benzene rings is 2. The lowest BCUT2D eigenvalue weighted by atomic mass is 10.1. The van der Waals surface area contributed by atoms with Crippen molar-refractivity contribution in [3.05, 3.63) is 60.0 Å². The lowest BCUT2D eigenvalue weighted by molar-refractivity contribution is -0.113. The number of methoxy groups -OCH3 is 1. The number of hydrogen-bond donors (Lipinski definition) is 1. The number of anilines is 2. The van der Waals surface area contributed by atoms with Gasteiger partial charge in [-0.2, -0.15) is 0 Å². The van der Waals surface area contributed by atoms with Gasteiger partial charge in [0.15, 0.2) is 0 Å². The predicted octanol–water partition coefficient (Wildman–Crippen LogP) is 3.33. The number of carbonyl (C=O) groups excluding carboxylic acids is 2. The normalized spacial score (nSPS) is 13.6. The highest BCUT2D eigenvalue weighted by Gasteiger charge is 2.24. The lowest BCUT2D eigenvalue weighted by Crippen LogP contribution is -2.48. The molecule has 2 heterocycles. The highest BCUT2D eigenvalue weighted by molar-refractivity contribution is 7.99. The number of carbonyl (C=O) groups is 2. The van der Waals surface area contributed by atoms with Crippen LogP contribution in [0.15, 0.2) is 58.2 Å². The SMILES string of the molecule is CCc1nnc(SCC(=O)Nc2ccc(N3CCN(C(=O)c4ccccc4OC)CC3)cc2)o1. The smallest absolute Gasteiger partial charge is 0.277 e. The van der Waals surface area contributed by atoms with E-state index in [0.717, 1.165) is 24.5 Å². The Hall–Kier alpha value is -3.53. The summed E-state index contributed by atoms with van der Waals surface area (Å²) in [5.41, 5.74) is 2.36. The van der Waals surface area contributed by atoms with Gasteiger partial charge in [-0.15, -0.1) is 10.2 Å². The molecule has 9 nitrogen and oxygen atoms in total. The first-order chi connectivity index (χ1) is 16.6. The van der Waals surface area contributed by atoms with Gasteiger partial charge < -0.3 is 24.3 Å². The Morgan fingerprint density at radius 1 is 1.06 bits per heavy atom. The zero-order valence-corrected chi connectivity index (χ0v) is 20.0. The van der Waals surface area contributed by atoms with Crippen LogP contribution >= 0.6 is 11.8 Å². The molecule has 0 atom stereocenters. The van der Waals surface area contributed by atoms with Crippen LogP contribution in [0.2, 0.25) is 0 Å². The van der Waals surface area contributed by atoms with Gasteiger partial charge in [0.05, 0.1) is 18.4 Å². The molecule has 1 aromatic heterocycles. The third-order valence-corrected chi connectivity index (χ3v) is 6.32. The van der Waals surface area contributed by atoms with E-state index in [1.54, 1.807) is 19.2 Å².